The average molecular weight is 324 g/mol. The van der Waals surface area contributed by atoms with Gasteiger partial charge in [0.1, 0.15) is 5.82 Å². The molecule has 2 unspecified atom stereocenters. The second kappa shape index (κ2) is 6.50. The maximum Gasteiger partial charge on any atom is 0.274 e. The zero-order valence-corrected chi connectivity index (χ0v) is 13.8. The fourth-order valence-corrected chi connectivity index (χ4v) is 3.47. The van der Waals surface area contributed by atoms with Crippen molar-refractivity contribution in [1.82, 2.24) is 14.9 Å². The van der Waals surface area contributed by atoms with Crippen molar-refractivity contribution in [2.45, 2.75) is 57.6 Å². The van der Waals surface area contributed by atoms with Gasteiger partial charge in [-0.3, -0.25) is 4.79 Å². The number of hydrogen-bond acceptors (Lipinski definition) is 4. The summed E-state index contributed by atoms with van der Waals surface area (Å²) in [7, 11) is 0. The van der Waals surface area contributed by atoms with Crippen LogP contribution in [0.3, 0.4) is 0 Å². The molecule has 1 saturated heterocycles. The number of aromatic nitrogens is 2. The van der Waals surface area contributed by atoms with E-state index in [4.69, 9.17) is 16.3 Å². The Labute approximate surface area is 136 Å². The minimum absolute atomic E-state index is 0.0884. The van der Waals surface area contributed by atoms with Crippen molar-refractivity contribution in [2.75, 3.05) is 13.2 Å². The first-order valence-corrected chi connectivity index (χ1v) is 8.40. The normalized spacial score (nSPS) is 25.2. The van der Waals surface area contributed by atoms with E-state index in [1.807, 2.05) is 18.7 Å². The van der Waals surface area contributed by atoms with Gasteiger partial charge in [-0.05, 0) is 12.8 Å². The molecule has 2 aliphatic rings. The SMILES string of the molecule is CC(C)c1ncc(Cl)c(C(=O)N2CCOC3CCCCC32)n1. The third-order valence-corrected chi connectivity index (χ3v) is 4.75. The number of amides is 1. The fourth-order valence-electron chi connectivity index (χ4n) is 3.29. The van der Waals surface area contributed by atoms with E-state index in [-0.39, 0.29) is 24.0 Å². The molecule has 0 spiro atoms. The number of carbonyl (C=O) groups excluding carboxylic acids is 1. The van der Waals surface area contributed by atoms with E-state index in [0.29, 0.717) is 29.7 Å². The molecule has 1 aliphatic heterocycles. The second-order valence-corrected chi connectivity index (χ2v) is 6.75. The highest BCUT2D eigenvalue weighted by Gasteiger charge is 2.38. The Morgan fingerprint density at radius 1 is 1.41 bits per heavy atom. The quantitative estimate of drug-likeness (QED) is 0.839. The number of ether oxygens (including phenoxy) is 1. The fraction of sp³-hybridized carbons (Fsp3) is 0.688. The Morgan fingerprint density at radius 3 is 2.95 bits per heavy atom. The van der Waals surface area contributed by atoms with Crippen LogP contribution in [0.1, 0.15) is 61.8 Å². The molecule has 2 heterocycles. The van der Waals surface area contributed by atoms with Gasteiger partial charge in [0.25, 0.3) is 5.91 Å². The van der Waals surface area contributed by atoms with Crippen LogP contribution in [0.4, 0.5) is 0 Å². The summed E-state index contributed by atoms with van der Waals surface area (Å²) in [6.45, 7) is 5.21. The van der Waals surface area contributed by atoms with Crippen LogP contribution in [0.15, 0.2) is 6.20 Å². The molecule has 0 aromatic carbocycles. The van der Waals surface area contributed by atoms with Crippen LogP contribution < -0.4 is 0 Å². The minimum atomic E-state index is -0.0884. The summed E-state index contributed by atoms with van der Waals surface area (Å²) in [6.07, 6.45) is 6.05. The first-order valence-electron chi connectivity index (χ1n) is 8.03. The summed E-state index contributed by atoms with van der Waals surface area (Å²) in [5.74, 6) is 0.728. The first kappa shape index (κ1) is 15.7. The second-order valence-electron chi connectivity index (χ2n) is 6.34. The van der Waals surface area contributed by atoms with Gasteiger partial charge in [-0.15, -0.1) is 0 Å². The average Bonchev–Trinajstić information content (AvgIpc) is 2.54. The van der Waals surface area contributed by atoms with Crippen molar-refractivity contribution in [3.63, 3.8) is 0 Å². The highest BCUT2D eigenvalue weighted by atomic mass is 35.5. The molecule has 5 nitrogen and oxygen atoms in total. The first-order chi connectivity index (χ1) is 10.6. The molecule has 0 radical (unpaired) electrons. The molecule has 1 aromatic heterocycles. The lowest BCUT2D eigenvalue weighted by atomic mass is 9.90. The highest BCUT2D eigenvalue weighted by molar-refractivity contribution is 6.33. The molecular weight excluding hydrogens is 302 g/mol. The molecule has 120 valence electrons. The van der Waals surface area contributed by atoms with Gasteiger partial charge in [-0.1, -0.05) is 38.3 Å². The van der Waals surface area contributed by atoms with E-state index >= 15 is 0 Å². The number of hydrogen-bond donors (Lipinski definition) is 0. The molecule has 2 fully saturated rings. The van der Waals surface area contributed by atoms with Gasteiger partial charge >= 0.3 is 0 Å². The van der Waals surface area contributed by atoms with E-state index in [9.17, 15) is 4.79 Å². The zero-order chi connectivity index (χ0) is 15.7. The van der Waals surface area contributed by atoms with Crippen LogP contribution in [0.25, 0.3) is 0 Å². The lowest BCUT2D eigenvalue weighted by Gasteiger charge is -2.43. The largest absolute Gasteiger partial charge is 0.374 e. The number of morpholine rings is 1. The molecule has 1 aromatic rings. The van der Waals surface area contributed by atoms with Crippen LogP contribution in [0, 0.1) is 0 Å². The van der Waals surface area contributed by atoms with Gasteiger partial charge in [-0.2, -0.15) is 0 Å². The van der Waals surface area contributed by atoms with Crippen molar-refractivity contribution in [1.29, 1.82) is 0 Å². The predicted molar refractivity (Wildman–Crippen MR) is 84.2 cm³/mol. The van der Waals surface area contributed by atoms with Gasteiger partial charge in [0.2, 0.25) is 0 Å². The summed E-state index contributed by atoms with van der Waals surface area (Å²) >= 11 is 6.19. The monoisotopic (exact) mass is 323 g/mol. The van der Waals surface area contributed by atoms with E-state index in [2.05, 4.69) is 9.97 Å². The maximum atomic E-state index is 12.9. The Kier molecular flexibility index (Phi) is 4.64. The van der Waals surface area contributed by atoms with E-state index in [0.717, 1.165) is 19.3 Å². The third-order valence-electron chi connectivity index (χ3n) is 4.47. The van der Waals surface area contributed by atoms with Gasteiger partial charge in [0.05, 0.1) is 30.0 Å². The number of nitrogens with zero attached hydrogens (tertiary/aromatic N) is 3. The standard InChI is InChI=1S/C16H22ClN3O2/c1-10(2)15-18-9-11(17)14(19-15)16(21)20-7-8-22-13-6-4-3-5-12(13)20/h9-10,12-13H,3-8H2,1-2H3. The molecule has 1 amide bonds. The van der Waals surface area contributed by atoms with Crippen molar-refractivity contribution < 1.29 is 9.53 Å². The summed E-state index contributed by atoms with van der Waals surface area (Å²) < 4.78 is 5.83. The maximum absolute atomic E-state index is 12.9. The number of halogens is 1. The van der Waals surface area contributed by atoms with Gasteiger partial charge in [0, 0.05) is 12.5 Å². The zero-order valence-electron chi connectivity index (χ0n) is 13.1. The van der Waals surface area contributed by atoms with Crippen molar-refractivity contribution >= 4 is 17.5 Å². The Balaban J connectivity index is 1.87. The molecule has 0 N–H and O–H groups in total. The van der Waals surface area contributed by atoms with Gasteiger partial charge in [-0.25, -0.2) is 9.97 Å². The van der Waals surface area contributed by atoms with Crippen LogP contribution in [-0.4, -0.2) is 46.1 Å². The predicted octanol–water partition coefficient (Wildman–Crippen LogP) is 3.04. The molecule has 3 rings (SSSR count). The van der Waals surface area contributed by atoms with E-state index in [1.54, 1.807) is 0 Å². The summed E-state index contributed by atoms with van der Waals surface area (Å²) in [5, 5.41) is 0.327. The summed E-state index contributed by atoms with van der Waals surface area (Å²) in [4.78, 5) is 23.5. The van der Waals surface area contributed by atoms with E-state index in [1.165, 1.54) is 12.6 Å². The Morgan fingerprint density at radius 2 is 2.18 bits per heavy atom. The van der Waals surface area contributed by atoms with Crippen LogP contribution in [-0.2, 0) is 4.74 Å². The number of fused-ring (bicyclic) bond motifs is 1. The van der Waals surface area contributed by atoms with Crippen molar-refractivity contribution in [3.8, 4) is 0 Å². The Hall–Kier alpha value is -1.20. The van der Waals surface area contributed by atoms with Gasteiger partial charge in [0.15, 0.2) is 5.69 Å². The van der Waals surface area contributed by atoms with Crippen LogP contribution >= 0.6 is 11.6 Å². The molecule has 6 heteroatoms. The number of rotatable bonds is 2. The molecule has 22 heavy (non-hydrogen) atoms. The highest BCUT2D eigenvalue weighted by Crippen LogP contribution is 2.30. The topological polar surface area (TPSA) is 55.3 Å². The van der Waals surface area contributed by atoms with E-state index < -0.39 is 0 Å². The number of carbonyl (C=O) groups is 1. The summed E-state index contributed by atoms with van der Waals surface area (Å²) in [5.41, 5.74) is 0.326. The Bertz CT molecular complexity index is 562. The van der Waals surface area contributed by atoms with Crippen molar-refractivity contribution in [3.05, 3.63) is 22.7 Å². The minimum Gasteiger partial charge on any atom is -0.374 e. The smallest absolute Gasteiger partial charge is 0.274 e. The summed E-state index contributed by atoms with van der Waals surface area (Å²) in [6, 6.07) is 0.156. The molecular formula is C16H22ClN3O2. The van der Waals surface area contributed by atoms with Crippen LogP contribution in [0.5, 0.6) is 0 Å². The lowest BCUT2D eigenvalue weighted by Crippen LogP contribution is -2.55. The molecule has 1 aliphatic carbocycles. The van der Waals surface area contributed by atoms with Gasteiger partial charge < -0.3 is 9.64 Å². The third kappa shape index (κ3) is 2.97. The van der Waals surface area contributed by atoms with Crippen LogP contribution in [0.2, 0.25) is 5.02 Å². The lowest BCUT2D eigenvalue weighted by molar-refractivity contribution is -0.0754. The van der Waals surface area contributed by atoms with Crippen molar-refractivity contribution in [2.24, 2.45) is 0 Å². The molecule has 0 bridgehead atoms. The molecule has 2 atom stereocenters. The molecule has 1 saturated carbocycles.